The number of hydrogen-bond acceptors (Lipinski definition) is 7. The number of likely N-dealkylation sites (N-methyl/N-ethyl adjacent to an activating group) is 1. The molecule has 0 aliphatic carbocycles. The van der Waals surface area contributed by atoms with Gasteiger partial charge in [0, 0.05) is 19.2 Å². The van der Waals surface area contributed by atoms with Crippen molar-refractivity contribution in [2.75, 3.05) is 30.8 Å². The van der Waals surface area contributed by atoms with Gasteiger partial charge in [-0.05, 0) is 18.2 Å². The smallest absolute Gasteiger partial charge is 0.256 e. The van der Waals surface area contributed by atoms with Crippen molar-refractivity contribution in [3.8, 4) is 0 Å². The molecule has 1 aromatic carbocycles. The van der Waals surface area contributed by atoms with E-state index in [0.29, 0.717) is 16.9 Å². The molecule has 5 atom stereocenters. The van der Waals surface area contributed by atoms with Crippen LogP contribution in [0.15, 0.2) is 18.2 Å². The molecule has 3 aliphatic rings. The predicted molar refractivity (Wildman–Crippen MR) is 90.4 cm³/mol. The minimum atomic E-state index is -1.31. The van der Waals surface area contributed by atoms with E-state index >= 15 is 0 Å². The molecule has 5 N–H and O–H groups in total. The van der Waals surface area contributed by atoms with Gasteiger partial charge in [0.15, 0.2) is 0 Å². The van der Waals surface area contributed by atoms with Crippen molar-refractivity contribution in [2.45, 2.75) is 36.4 Å². The van der Waals surface area contributed by atoms with Gasteiger partial charge in [-0.25, -0.2) is 0 Å². The van der Waals surface area contributed by atoms with E-state index in [4.69, 9.17) is 10.5 Å². The number of anilines is 2. The quantitative estimate of drug-likeness (QED) is 0.437. The van der Waals surface area contributed by atoms with Gasteiger partial charge in [-0.2, -0.15) is 0 Å². The van der Waals surface area contributed by atoms with E-state index in [2.05, 4.69) is 0 Å². The Labute approximate surface area is 149 Å². The zero-order valence-electron chi connectivity index (χ0n) is 14.2. The lowest BCUT2D eigenvalue weighted by atomic mass is 9.91. The third-order valence-electron chi connectivity index (χ3n) is 5.65. The summed E-state index contributed by atoms with van der Waals surface area (Å²) in [7, 11) is 1.58. The van der Waals surface area contributed by atoms with Crippen LogP contribution in [0.3, 0.4) is 0 Å². The Morgan fingerprint density at radius 1 is 1.35 bits per heavy atom. The molecule has 2 amide bonds. The van der Waals surface area contributed by atoms with Gasteiger partial charge in [0.2, 0.25) is 5.91 Å². The molecule has 9 heteroatoms. The summed E-state index contributed by atoms with van der Waals surface area (Å²) in [6.45, 7) is -0.523. The molecule has 140 valence electrons. The molecule has 0 saturated carbocycles. The molecular formula is C17H21N3O6. The molecular weight excluding hydrogens is 342 g/mol. The first-order chi connectivity index (χ1) is 12.3. The number of benzene rings is 1. The molecule has 0 aromatic heterocycles. The maximum absolute atomic E-state index is 13.1. The van der Waals surface area contributed by atoms with Crippen LogP contribution in [0.1, 0.15) is 16.8 Å². The van der Waals surface area contributed by atoms with Crippen molar-refractivity contribution < 1.29 is 29.6 Å². The summed E-state index contributed by atoms with van der Waals surface area (Å²) in [6.07, 6.45) is -3.51. The van der Waals surface area contributed by atoms with Gasteiger partial charge in [0.25, 0.3) is 5.91 Å². The zero-order valence-corrected chi connectivity index (χ0v) is 14.2. The number of fused-ring (bicyclic) bond motifs is 2. The number of nitrogen functional groups attached to an aromatic ring is 1. The second-order valence-corrected chi connectivity index (χ2v) is 7.17. The Morgan fingerprint density at radius 3 is 2.73 bits per heavy atom. The molecule has 2 fully saturated rings. The summed E-state index contributed by atoms with van der Waals surface area (Å²) >= 11 is 0. The van der Waals surface area contributed by atoms with Crippen LogP contribution in [0, 0.1) is 0 Å². The van der Waals surface area contributed by atoms with Crippen LogP contribution >= 0.6 is 0 Å². The van der Waals surface area contributed by atoms with E-state index in [0.717, 1.165) is 0 Å². The van der Waals surface area contributed by atoms with Crippen molar-refractivity contribution in [3.63, 3.8) is 0 Å². The predicted octanol–water partition coefficient (Wildman–Crippen LogP) is -1.69. The second kappa shape index (κ2) is 5.65. The van der Waals surface area contributed by atoms with Crippen LogP contribution < -0.4 is 10.6 Å². The summed E-state index contributed by atoms with van der Waals surface area (Å²) in [5, 5.41) is 29.9. The van der Waals surface area contributed by atoms with Crippen LogP contribution in [-0.4, -0.2) is 82.2 Å². The number of rotatable bonds is 1. The van der Waals surface area contributed by atoms with Gasteiger partial charge >= 0.3 is 0 Å². The Hall–Kier alpha value is -2.20. The van der Waals surface area contributed by atoms with Gasteiger partial charge < -0.3 is 35.6 Å². The molecule has 0 radical (unpaired) electrons. The standard InChI is InChI=1S/C17H21N3O6/c1-19-10-3-2-8(18)4-9(10)15(24)20-7-17(5-11(20)16(19)25)14(23)13(22)12(6-21)26-17/h2-4,11-14,21-23H,5-7,18H2,1H3/t11-,12-,13-,14+,17+/m1/s1. The number of carbonyl (C=O) groups excluding carboxylic acids is 2. The summed E-state index contributed by atoms with van der Waals surface area (Å²) in [5.74, 6) is -0.693. The molecule has 0 unspecified atom stereocenters. The normalized spacial score (nSPS) is 36.5. The van der Waals surface area contributed by atoms with Gasteiger partial charge in [0.1, 0.15) is 30.0 Å². The van der Waals surface area contributed by atoms with Crippen LogP contribution in [0.4, 0.5) is 11.4 Å². The summed E-state index contributed by atoms with van der Waals surface area (Å²) in [6, 6.07) is 3.94. The fraction of sp³-hybridized carbons (Fsp3) is 0.529. The number of hydrogen-bond donors (Lipinski definition) is 4. The monoisotopic (exact) mass is 363 g/mol. The molecule has 2 saturated heterocycles. The number of nitrogens with two attached hydrogens (primary N) is 1. The van der Waals surface area contributed by atoms with E-state index in [9.17, 15) is 24.9 Å². The van der Waals surface area contributed by atoms with Gasteiger partial charge in [-0.3, -0.25) is 9.59 Å². The summed E-state index contributed by atoms with van der Waals surface area (Å²) in [4.78, 5) is 28.8. The molecule has 3 heterocycles. The van der Waals surface area contributed by atoms with Crippen LogP contribution in [0.2, 0.25) is 0 Å². The fourth-order valence-electron chi connectivity index (χ4n) is 4.25. The molecule has 3 aliphatic heterocycles. The molecule has 26 heavy (non-hydrogen) atoms. The van der Waals surface area contributed by atoms with Gasteiger partial charge in [-0.1, -0.05) is 0 Å². The van der Waals surface area contributed by atoms with Crippen molar-refractivity contribution in [2.24, 2.45) is 0 Å². The van der Waals surface area contributed by atoms with E-state index in [1.165, 1.54) is 15.9 Å². The maximum atomic E-state index is 13.1. The highest BCUT2D eigenvalue weighted by Crippen LogP contribution is 2.44. The topological polar surface area (TPSA) is 137 Å². The first kappa shape index (κ1) is 17.2. The molecule has 4 rings (SSSR count). The number of ether oxygens (including phenoxy) is 1. The lowest BCUT2D eigenvalue weighted by molar-refractivity contribution is -0.122. The lowest BCUT2D eigenvalue weighted by Gasteiger charge is -2.27. The van der Waals surface area contributed by atoms with Crippen LogP contribution in [0.25, 0.3) is 0 Å². The third-order valence-corrected chi connectivity index (χ3v) is 5.65. The second-order valence-electron chi connectivity index (χ2n) is 7.17. The van der Waals surface area contributed by atoms with Crippen molar-refractivity contribution >= 4 is 23.2 Å². The summed E-state index contributed by atoms with van der Waals surface area (Å²) < 4.78 is 5.72. The lowest BCUT2D eigenvalue weighted by Crippen LogP contribution is -2.46. The highest BCUT2D eigenvalue weighted by Gasteiger charge is 2.62. The molecule has 1 aromatic rings. The van der Waals surface area contributed by atoms with E-state index in [-0.39, 0.29) is 24.8 Å². The Kier molecular flexibility index (Phi) is 3.74. The number of aliphatic hydroxyl groups excluding tert-OH is 3. The minimum Gasteiger partial charge on any atom is -0.399 e. The molecule has 0 bridgehead atoms. The van der Waals surface area contributed by atoms with Gasteiger partial charge in [-0.15, -0.1) is 0 Å². The van der Waals surface area contributed by atoms with E-state index in [1.807, 2.05) is 0 Å². The van der Waals surface area contributed by atoms with Crippen molar-refractivity contribution in [3.05, 3.63) is 23.8 Å². The minimum absolute atomic E-state index is 0.0418. The Bertz CT molecular complexity index is 786. The average Bonchev–Trinajstić information content (AvgIpc) is 3.11. The van der Waals surface area contributed by atoms with Crippen LogP contribution in [-0.2, 0) is 9.53 Å². The number of amides is 2. The number of aliphatic hydroxyl groups is 3. The molecule has 1 spiro atoms. The first-order valence-corrected chi connectivity index (χ1v) is 8.42. The van der Waals surface area contributed by atoms with Crippen LogP contribution in [0.5, 0.6) is 0 Å². The largest absolute Gasteiger partial charge is 0.399 e. The third kappa shape index (κ3) is 2.18. The van der Waals surface area contributed by atoms with E-state index < -0.39 is 36.6 Å². The molecule has 9 nitrogen and oxygen atoms in total. The first-order valence-electron chi connectivity index (χ1n) is 8.42. The maximum Gasteiger partial charge on any atom is 0.256 e. The summed E-state index contributed by atoms with van der Waals surface area (Å²) in [5.41, 5.74) is 5.69. The average molecular weight is 363 g/mol. The Morgan fingerprint density at radius 2 is 2.08 bits per heavy atom. The highest BCUT2D eigenvalue weighted by molar-refractivity contribution is 6.11. The Balaban J connectivity index is 1.76. The van der Waals surface area contributed by atoms with Crippen molar-refractivity contribution in [1.29, 1.82) is 0 Å². The number of carbonyl (C=O) groups is 2. The van der Waals surface area contributed by atoms with Crippen molar-refractivity contribution in [1.82, 2.24) is 4.90 Å². The highest BCUT2D eigenvalue weighted by atomic mass is 16.6. The number of nitrogens with zero attached hydrogens (tertiary/aromatic N) is 2. The van der Waals surface area contributed by atoms with E-state index in [1.54, 1.807) is 19.2 Å². The zero-order chi connectivity index (χ0) is 18.8. The van der Waals surface area contributed by atoms with Gasteiger partial charge in [0.05, 0.1) is 24.4 Å². The fourth-order valence-corrected chi connectivity index (χ4v) is 4.25. The SMILES string of the molecule is CN1C(=O)[C@H]2C[C@@]3(CN2C(=O)c2cc(N)ccc21)O[C@H](CO)[C@@H](O)[C@@H]3O.